The zero-order chi connectivity index (χ0) is 12.8. The summed E-state index contributed by atoms with van der Waals surface area (Å²) in [5, 5.41) is 1.14. The zero-order valence-electron chi connectivity index (χ0n) is 9.88. The molecule has 0 saturated carbocycles. The molecule has 0 bridgehead atoms. The fourth-order valence-corrected chi connectivity index (χ4v) is 1.96. The molecular weight excluding hydrogens is 257 g/mol. The predicted molar refractivity (Wildman–Crippen MR) is 72.7 cm³/mol. The summed E-state index contributed by atoms with van der Waals surface area (Å²) in [4.78, 5) is 11.9. The van der Waals surface area contributed by atoms with Crippen LogP contribution in [0.2, 0.25) is 10.0 Å². The van der Waals surface area contributed by atoms with Crippen molar-refractivity contribution in [1.82, 2.24) is 0 Å². The average molecular weight is 274 g/mol. The van der Waals surface area contributed by atoms with Crippen LogP contribution in [0.15, 0.2) is 18.2 Å². The van der Waals surface area contributed by atoms with Gasteiger partial charge in [0.2, 0.25) is 0 Å². The predicted octanol–water partition coefficient (Wildman–Crippen LogP) is 3.62. The minimum atomic E-state index is -0.398. The molecular formula is C13H17Cl2NO. The van der Waals surface area contributed by atoms with Gasteiger partial charge in [0.15, 0.2) is 5.78 Å². The normalized spacial score (nSPS) is 12.5. The summed E-state index contributed by atoms with van der Waals surface area (Å²) in [5.74, 6) is 0.0163. The number of rotatable bonds is 6. The number of Topliss-reactive ketones (excluding diaryl/α,β-unsaturated/α-hetero) is 1. The van der Waals surface area contributed by atoms with Crippen molar-refractivity contribution in [1.29, 1.82) is 0 Å². The lowest BCUT2D eigenvalue weighted by molar-refractivity contribution is -0.119. The molecule has 4 heteroatoms. The third-order valence-corrected chi connectivity index (χ3v) is 3.26. The van der Waals surface area contributed by atoms with Crippen molar-refractivity contribution >= 4 is 29.0 Å². The first-order chi connectivity index (χ1) is 8.04. The molecule has 2 N–H and O–H groups in total. The number of halogens is 2. The van der Waals surface area contributed by atoms with E-state index in [-0.39, 0.29) is 12.2 Å². The van der Waals surface area contributed by atoms with E-state index in [1.54, 1.807) is 18.2 Å². The van der Waals surface area contributed by atoms with E-state index in [4.69, 9.17) is 28.9 Å². The maximum Gasteiger partial charge on any atom is 0.153 e. The number of carbonyl (C=O) groups excluding carboxylic acids is 1. The van der Waals surface area contributed by atoms with Crippen molar-refractivity contribution in [3.05, 3.63) is 33.8 Å². The Labute approximate surface area is 112 Å². The van der Waals surface area contributed by atoms with Gasteiger partial charge < -0.3 is 5.73 Å². The van der Waals surface area contributed by atoms with Crippen LogP contribution in [0.5, 0.6) is 0 Å². The Hall–Kier alpha value is -0.570. The lowest BCUT2D eigenvalue weighted by Gasteiger charge is -2.10. The number of benzene rings is 1. The zero-order valence-corrected chi connectivity index (χ0v) is 11.4. The van der Waals surface area contributed by atoms with Gasteiger partial charge in [-0.2, -0.15) is 0 Å². The summed E-state index contributed by atoms with van der Waals surface area (Å²) < 4.78 is 0. The van der Waals surface area contributed by atoms with Crippen molar-refractivity contribution in [2.45, 2.75) is 38.6 Å². The molecule has 0 heterocycles. The maximum absolute atomic E-state index is 11.9. The first kappa shape index (κ1) is 14.5. The highest BCUT2D eigenvalue weighted by Crippen LogP contribution is 2.21. The Morgan fingerprint density at radius 2 is 2.12 bits per heavy atom. The van der Waals surface area contributed by atoms with E-state index in [0.717, 1.165) is 24.8 Å². The summed E-state index contributed by atoms with van der Waals surface area (Å²) in [6, 6.07) is 4.72. The fourth-order valence-electron chi connectivity index (χ4n) is 1.58. The summed E-state index contributed by atoms with van der Waals surface area (Å²) in [5.41, 5.74) is 6.56. The quantitative estimate of drug-likeness (QED) is 0.860. The van der Waals surface area contributed by atoms with Crippen molar-refractivity contribution in [2.75, 3.05) is 0 Å². The summed E-state index contributed by atoms with van der Waals surface area (Å²) in [6.07, 6.45) is 2.99. The second kappa shape index (κ2) is 7.00. The van der Waals surface area contributed by atoms with Crippen LogP contribution in [0.1, 0.15) is 31.7 Å². The Morgan fingerprint density at radius 3 is 2.76 bits per heavy atom. The Kier molecular flexibility index (Phi) is 5.96. The minimum absolute atomic E-state index is 0.0163. The van der Waals surface area contributed by atoms with E-state index < -0.39 is 6.04 Å². The number of carbonyl (C=O) groups is 1. The summed E-state index contributed by atoms with van der Waals surface area (Å²) in [6.45, 7) is 2.07. The molecule has 0 spiro atoms. The molecule has 0 saturated heterocycles. The number of ketones is 1. The standard InChI is InChI=1S/C13H17Cl2NO/c1-2-3-4-12(16)13(17)8-9-7-10(14)5-6-11(9)15/h5-7,12H,2-4,8,16H2,1H3. The minimum Gasteiger partial charge on any atom is -0.321 e. The lowest BCUT2D eigenvalue weighted by Crippen LogP contribution is -2.31. The van der Waals surface area contributed by atoms with Crippen LogP contribution in [0.4, 0.5) is 0 Å². The first-order valence-corrected chi connectivity index (χ1v) is 6.52. The van der Waals surface area contributed by atoms with Crippen molar-refractivity contribution in [3.8, 4) is 0 Å². The molecule has 1 aromatic carbocycles. The van der Waals surface area contributed by atoms with Gasteiger partial charge in [-0.05, 0) is 30.2 Å². The SMILES string of the molecule is CCCCC(N)C(=O)Cc1cc(Cl)ccc1Cl. The average Bonchev–Trinajstić information content (AvgIpc) is 2.30. The second-order valence-corrected chi connectivity index (χ2v) is 4.97. The molecule has 0 amide bonds. The summed E-state index contributed by atoms with van der Waals surface area (Å²) in [7, 11) is 0. The number of hydrogen-bond donors (Lipinski definition) is 1. The highest BCUT2D eigenvalue weighted by Gasteiger charge is 2.15. The molecule has 1 aromatic rings. The van der Waals surface area contributed by atoms with E-state index in [1.165, 1.54) is 0 Å². The molecule has 0 aliphatic heterocycles. The lowest BCUT2D eigenvalue weighted by atomic mass is 10.0. The smallest absolute Gasteiger partial charge is 0.153 e. The molecule has 0 radical (unpaired) electrons. The molecule has 1 rings (SSSR count). The van der Waals surface area contributed by atoms with Crippen LogP contribution in [-0.4, -0.2) is 11.8 Å². The van der Waals surface area contributed by atoms with Crippen LogP contribution in [0.3, 0.4) is 0 Å². The third-order valence-electron chi connectivity index (χ3n) is 2.65. The number of unbranched alkanes of at least 4 members (excludes halogenated alkanes) is 1. The first-order valence-electron chi connectivity index (χ1n) is 5.76. The molecule has 0 aliphatic rings. The Bertz CT molecular complexity index is 393. The molecule has 94 valence electrons. The van der Waals surface area contributed by atoms with E-state index >= 15 is 0 Å². The van der Waals surface area contributed by atoms with Gasteiger partial charge in [0.05, 0.1) is 6.04 Å². The molecule has 1 atom stereocenters. The largest absolute Gasteiger partial charge is 0.321 e. The fraction of sp³-hybridized carbons (Fsp3) is 0.462. The van der Waals surface area contributed by atoms with E-state index in [2.05, 4.69) is 6.92 Å². The van der Waals surface area contributed by atoms with Crippen molar-refractivity contribution in [3.63, 3.8) is 0 Å². The van der Waals surface area contributed by atoms with Gasteiger partial charge in [0, 0.05) is 16.5 Å². The van der Waals surface area contributed by atoms with Gasteiger partial charge in [0.1, 0.15) is 0 Å². The van der Waals surface area contributed by atoms with Gasteiger partial charge in [-0.15, -0.1) is 0 Å². The van der Waals surface area contributed by atoms with E-state index in [9.17, 15) is 4.79 Å². The maximum atomic E-state index is 11.9. The Balaban J connectivity index is 2.64. The topological polar surface area (TPSA) is 43.1 Å². The third kappa shape index (κ3) is 4.66. The molecule has 0 fully saturated rings. The molecule has 0 aromatic heterocycles. The van der Waals surface area contributed by atoms with Crippen LogP contribution >= 0.6 is 23.2 Å². The summed E-state index contributed by atoms with van der Waals surface area (Å²) >= 11 is 11.9. The second-order valence-electron chi connectivity index (χ2n) is 4.13. The Morgan fingerprint density at radius 1 is 1.41 bits per heavy atom. The van der Waals surface area contributed by atoms with Crippen LogP contribution in [-0.2, 0) is 11.2 Å². The van der Waals surface area contributed by atoms with Gasteiger partial charge in [-0.1, -0.05) is 43.0 Å². The van der Waals surface area contributed by atoms with Crippen LogP contribution in [0, 0.1) is 0 Å². The molecule has 0 aliphatic carbocycles. The van der Waals surface area contributed by atoms with Gasteiger partial charge in [-0.3, -0.25) is 4.79 Å². The van der Waals surface area contributed by atoms with Crippen molar-refractivity contribution in [2.24, 2.45) is 5.73 Å². The number of nitrogens with two attached hydrogens (primary N) is 1. The van der Waals surface area contributed by atoms with Crippen molar-refractivity contribution < 1.29 is 4.79 Å². The van der Waals surface area contributed by atoms with Gasteiger partial charge in [0.25, 0.3) is 0 Å². The van der Waals surface area contributed by atoms with Crippen LogP contribution < -0.4 is 5.73 Å². The van der Waals surface area contributed by atoms with Gasteiger partial charge >= 0.3 is 0 Å². The van der Waals surface area contributed by atoms with E-state index in [0.29, 0.717) is 10.0 Å². The van der Waals surface area contributed by atoms with E-state index in [1.807, 2.05) is 0 Å². The highest BCUT2D eigenvalue weighted by atomic mass is 35.5. The molecule has 1 unspecified atom stereocenters. The number of hydrogen-bond acceptors (Lipinski definition) is 2. The molecule has 2 nitrogen and oxygen atoms in total. The highest BCUT2D eigenvalue weighted by molar-refractivity contribution is 6.33. The monoisotopic (exact) mass is 273 g/mol. The van der Waals surface area contributed by atoms with Crippen LogP contribution in [0.25, 0.3) is 0 Å². The van der Waals surface area contributed by atoms with Gasteiger partial charge in [-0.25, -0.2) is 0 Å². The molecule has 17 heavy (non-hydrogen) atoms.